The van der Waals surface area contributed by atoms with Gasteiger partial charge >= 0.3 is 0 Å². The molecule has 0 bridgehead atoms. The Labute approximate surface area is 162 Å². The molecule has 1 aliphatic rings. The smallest absolute Gasteiger partial charge is 0.230 e. The highest BCUT2D eigenvalue weighted by molar-refractivity contribution is 7.99. The Morgan fingerprint density at radius 2 is 2.15 bits per heavy atom. The maximum Gasteiger partial charge on any atom is 0.230 e. The van der Waals surface area contributed by atoms with Crippen LogP contribution in [0.25, 0.3) is 11.4 Å². The van der Waals surface area contributed by atoms with Crippen LogP contribution in [-0.2, 0) is 16.1 Å². The Hall–Kier alpha value is -1.57. The van der Waals surface area contributed by atoms with Crippen LogP contribution in [0.15, 0.2) is 29.4 Å². The average Bonchev–Trinajstić information content (AvgIpc) is 3.24. The third kappa shape index (κ3) is 4.99. The van der Waals surface area contributed by atoms with Crippen LogP contribution in [0, 0.1) is 0 Å². The van der Waals surface area contributed by atoms with E-state index in [1.165, 1.54) is 11.8 Å². The Bertz CT molecular complexity index is 742. The summed E-state index contributed by atoms with van der Waals surface area (Å²) in [6.07, 6.45) is 2.25. The molecule has 0 radical (unpaired) electrons. The van der Waals surface area contributed by atoms with Gasteiger partial charge in [-0.3, -0.25) is 9.36 Å². The van der Waals surface area contributed by atoms with E-state index in [-0.39, 0.29) is 18.1 Å². The fourth-order valence-corrected chi connectivity index (χ4v) is 3.74. The lowest BCUT2D eigenvalue weighted by Gasteiger charge is -2.15. The van der Waals surface area contributed by atoms with E-state index in [0.717, 1.165) is 36.0 Å². The maximum absolute atomic E-state index is 12.0. The molecule has 1 atom stereocenters. The average molecular weight is 395 g/mol. The summed E-state index contributed by atoms with van der Waals surface area (Å²) in [6.45, 7) is 5.36. The molecule has 3 rings (SSSR count). The van der Waals surface area contributed by atoms with Crippen molar-refractivity contribution in [2.45, 2.75) is 50.5 Å². The van der Waals surface area contributed by atoms with Gasteiger partial charge in [0.25, 0.3) is 0 Å². The number of rotatable bonds is 7. The molecule has 1 amide bonds. The SMILES string of the molecule is CC(C)NC(=O)CSc1nnc(-c2ccc(Cl)cc2)n1C[C@H]1CCCO1. The molecule has 1 fully saturated rings. The Morgan fingerprint density at radius 1 is 1.38 bits per heavy atom. The molecule has 2 heterocycles. The minimum atomic E-state index is -0.00953. The van der Waals surface area contributed by atoms with Gasteiger partial charge in [0, 0.05) is 23.2 Å². The number of carbonyl (C=O) groups excluding carboxylic acids is 1. The van der Waals surface area contributed by atoms with E-state index >= 15 is 0 Å². The number of nitrogens with zero attached hydrogens (tertiary/aromatic N) is 3. The highest BCUT2D eigenvalue weighted by Crippen LogP contribution is 2.27. The molecular formula is C18H23ClN4O2S. The van der Waals surface area contributed by atoms with E-state index in [9.17, 15) is 4.79 Å². The van der Waals surface area contributed by atoms with Crippen molar-refractivity contribution in [2.24, 2.45) is 0 Å². The molecule has 8 heteroatoms. The van der Waals surface area contributed by atoms with Crippen molar-refractivity contribution in [3.8, 4) is 11.4 Å². The summed E-state index contributed by atoms with van der Waals surface area (Å²) in [5.74, 6) is 1.07. The first-order valence-corrected chi connectivity index (χ1v) is 10.1. The third-order valence-corrected chi connectivity index (χ3v) is 5.23. The lowest BCUT2D eigenvalue weighted by atomic mass is 10.2. The maximum atomic E-state index is 12.0. The molecule has 0 saturated carbocycles. The number of thioether (sulfide) groups is 1. The van der Waals surface area contributed by atoms with Gasteiger partial charge in [-0.15, -0.1) is 10.2 Å². The number of amides is 1. The van der Waals surface area contributed by atoms with Crippen molar-refractivity contribution in [2.75, 3.05) is 12.4 Å². The molecule has 2 aromatic rings. The number of aromatic nitrogens is 3. The Kier molecular flexibility index (Phi) is 6.56. The quantitative estimate of drug-likeness (QED) is 0.729. The van der Waals surface area contributed by atoms with Gasteiger partial charge in [0.15, 0.2) is 11.0 Å². The van der Waals surface area contributed by atoms with Crippen LogP contribution in [0.4, 0.5) is 0 Å². The molecule has 1 aliphatic heterocycles. The Morgan fingerprint density at radius 3 is 2.81 bits per heavy atom. The predicted octanol–water partition coefficient (Wildman–Crippen LogP) is 3.39. The first kappa shape index (κ1) is 19.2. The van der Waals surface area contributed by atoms with Crippen molar-refractivity contribution in [1.82, 2.24) is 20.1 Å². The summed E-state index contributed by atoms with van der Waals surface area (Å²) in [6, 6.07) is 7.66. The van der Waals surface area contributed by atoms with Gasteiger partial charge in [-0.2, -0.15) is 0 Å². The van der Waals surface area contributed by atoms with Crippen molar-refractivity contribution >= 4 is 29.3 Å². The van der Waals surface area contributed by atoms with Crippen molar-refractivity contribution in [1.29, 1.82) is 0 Å². The van der Waals surface area contributed by atoms with E-state index in [0.29, 0.717) is 17.3 Å². The van der Waals surface area contributed by atoms with E-state index in [1.807, 2.05) is 42.7 Å². The molecule has 1 aromatic heterocycles. The van der Waals surface area contributed by atoms with Gasteiger partial charge in [0.05, 0.1) is 18.4 Å². The molecule has 0 unspecified atom stereocenters. The topological polar surface area (TPSA) is 69.0 Å². The molecule has 26 heavy (non-hydrogen) atoms. The van der Waals surface area contributed by atoms with Crippen LogP contribution in [0.5, 0.6) is 0 Å². The minimum Gasteiger partial charge on any atom is -0.376 e. The van der Waals surface area contributed by atoms with Crippen LogP contribution in [0.2, 0.25) is 5.02 Å². The van der Waals surface area contributed by atoms with Gasteiger partial charge in [0.2, 0.25) is 5.91 Å². The van der Waals surface area contributed by atoms with Crippen LogP contribution in [0.3, 0.4) is 0 Å². The summed E-state index contributed by atoms with van der Waals surface area (Å²) >= 11 is 7.39. The normalized spacial score (nSPS) is 17.0. The summed E-state index contributed by atoms with van der Waals surface area (Å²) in [5.41, 5.74) is 0.943. The van der Waals surface area contributed by atoms with Crippen molar-refractivity contribution < 1.29 is 9.53 Å². The lowest BCUT2D eigenvalue weighted by Crippen LogP contribution is -2.31. The fourth-order valence-electron chi connectivity index (χ4n) is 2.86. The molecular weight excluding hydrogens is 372 g/mol. The van der Waals surface area contributed by atoms with Gasteiger partial charge in [0.1, 0.15) is 0 Å². The summed E-state index contributed by atoms with van der Waals surface area (Å²) in [7, 11) is 0. The number of hydrogen-bond donors (Lipinski definition) is 1. The number of halogens is 1. The van der Waals surface area contributed by atoms with E-state index in [4.69, 9.17) is 16.3 Å². The van der Waals surface area contributed by atoms with Gasteiger partial charge < -0.3 is 10.1 Å². The van der Waals surface area contributed by atoms with Crippen LogP contribution in [0.1, 0.15) is 26.7 Å². The minimum absolute atomic E-state index is 0.00953. The largest absolute Gasteiger partial charge is 0.376 e. The van der Waals surface area contributed by atoms with E-state index in [2.05, 4.69) is 15.5 Å². The number of benzene rings is 1. The number of ether oxygens (including phenoxy) is 1. The first-order valence-electron chi connectivity index (χ1n) is 8.76. The standard InChI is InChI=1S/C18H23ClN4O2S/c1-12(2)20-16(24)11-26-18-22-21-17(13-5-7-14(19)8-6-13)23(18)10-15-4-3-9-25-15/h5-8,12,15H,3-4,9-11H2,1-2H3,(H,20,24)/t15-/m1/s1. The Balaban J connectivity index is 1.81. The van der Waals surface area contributed by atoms with Crippen molar-refractivity contribution in [3.63, 3.8) is 0 Å². The number of carbonyl (C=O) groups is 1. The van der Waals surface area contributed by atoms with Crippen molar-refractivity contribution in [3.05, 3.63) is 29.3 Å². The van der Waals surface area contributed by atoms with E-state index in [1.54, 1.807) is 0 Å². The van der Waals surface area contributed by atoms with Gasteiger partial charge in [-0.1, -0.05) is 23.4 Å². The second-order valence-corrected chi connectivity index (χ2v) is 7.95. The zero-order chi connectivity index (χ0) is 18.5. The monoisotopic (exact) mass is 394 g/mol. The zero-order valence-corrected chi connectivity index (χ0v) is 16.5. The molecule has 6 nitrogen and oxygen atoms in total. The highest BCUT2D eigenvalue weighted by Gasteiger charge is 2.22. The fraction of sp³-hybridized carbons (Fsp3) is 0.500. The highest BCUT2D eigenvalue weighted by atomic mass is 35.5. The van der Waals surface area contributed by atoms with E-state index < -0.39 is 0 Å². The second kappa shape index (κ2) is 8.88. The van der Waals surface area contributed by atoms with Crippen LogP contribution < -0.4 is 5.32 Å². The summed E-state index contributed by atoms with van der Waals surface area (Å²) < 4.78 is 7.83. The molecule has 1 aromatic carbocycles. The predicted molar refractivity (Wildman–Crippen MR) is 103 cm³/mol. The zero-order valence-electron chi connectivity index (χ0n) is 14.9. The van der Waals surface area contributed by atoms with Crippen LogP contribution in [-0.4, -0.2) is 45.2 Å². The molecule has 1 saturated heterocycles. The third-order valence-electron chi connectivity index (χ3n) is 4.01. The van der Waals surface area contributed by atoms with Gasteiger partial charge in [-0.25, -0.2) is 0 Å². The molecule has 0 aliphatic carbocycles. The number of hydrogen-bond acceptors (Lipinski definition) is 5. The second-order valence-electron chi connectivity index (χ2n) is 6.57. The van der Waals surface area contributed by atoms with Gasteiger partial charge in [-0.05, 0) is 51.0 Å². The first-order chi connectivity index (χ1) is 12.5. The summed E-state index contributed by atoms with van der Waals surface area (Å²) in [4.78, 5) is 12.0. The molecule has 0 spiro atoms. The molecule has 1 N–H and O–H groups in total. The molecule has 140 valence electrons. The van der Waals surface area contributed by atoms with Crippen LogP contribution >= 0.6 is 23.4 Å². The summed E-state index contributed by atoms with van der Waals surface area (Å²) in [5, 5.41) is 13.0. The number of nitrogens with one attached hydrogen (secondary N) is 1. The lowest BCUT2D eigenvalue weighted by molar-refractivity contribution is -0.119.